The molecule has 3 heterocycles. The second-order valence-corrected chi connectivity index (χ2v) is 7.33. The van der Waals surface area contributed by atoms with E-state index in [4.69, 9.17) is 5.10 Å². The minimum absolute atomic E-state index is 0.0557. The lowest BCUT2D eigenvalue weighted by molar-refractivity contribution is -0.132. The molecule has 1 fully saturated rings. The van der Waals surface area contributed by atoms with Crippen LogP contribution in [0.2, 0.25) is 0 Å². The lowest BCUT2D eigenvalue weighted by atomic mass is 9.98. The zero-order valence-electron chi connectivity index (χ0n) is 16.0. The van der Waals surface area contributed by atoms with Gasteiger partial charge in [-0.1, -0.05) is 36.4 Å². The van der Waals surface area contributed by atoms with Crippen LogP contribution in [-0.2, 0) is 4.79 Å². The molecule has 2 atom stereocenters. The lowest BCUT2D eigenvalue weighted by Gasteiger charge is -2.36. The van der Waals surface area contributed by atoms with Crippen LogP contribution < -0.4 is 0 Å². The number of likely N-dealkylation sites (tertiary alicyclic amines) is 1. The van der Waals surface area contributed by atoms with E-state index in [1.807, 2.05) is 65.3 Å². The summed E-state index contributed by atoms with van der Waals surface area (Å²) >= 11 is 0. The van der Waals surface area contributed by atoms with Crippen LogP contribution in [-0.4, -0.2) is 44.2 Å². The molecule has 1 amide bonds. The second-order valence-electron chi connectivity index (χ2n) is 7.33. The van der Waals surface area contributed by atoms with Crippen molar-refractivity contribution in [1.29, 1.82) is 0 Å². The molecule has 144 valence electrons. The highest BCUT2D eigenvalue weighted by Crippen LogP contribution is 2.28. The average molecular weight is 375 g/mol. The zero-order valence-corrected chi connectivity index (χ0v) is 16.0. The minimum Gasteiger partial charge on any atom is -0.391 e. The summed E-state index contributed by atoms with van der Waals surface area (Å²) < 4.78 is 1.84. The Labute approximate surface area is 164 Å². The molecule has 0 spiro atoms. The molecule has 1 N–H and O–H groups in total. The first-order valence-electron chi connectivity index (χ1n) is 9.84. The fourth-order valence-corrected chi connectivity index (χ4v) is 3.97. The number of carbonyl (C=O) groups excluding carboxylic acids is 1. The number of pyridine rings is 1. The number of hydrogen-bond donors (Lipinski definition) is 1. The topological polar surface area (TPSA) is 57.8 Å². The molecule has 2 aromatic heterocycles. The first-order valence-corrected chi connectivity index (χ1v) is 9.84. The lowest BCUT2D eigenvalue weighted by Crippen LogP contribution is -2.48. The van der Waals surface area contributed by atoms with Crippen molar-refractivity contribution in [3.63, 3.8) is 0 Å². The van der Waals surface area contributed by atoms with Gasteiger partial charge in [-0.3, -0.25) is 4.79 Å². The molecule has 1 aromatic carbocycles. The van der Waals surface area contributed by atoms with Gasteiger partial charge in [-0.2, -0.15) is 5.10 Å². The van der Waals surface area contributed by atoms with Gasteiger partial charge in [0.25, 0.3) is 0 Å². The van der Waals surface area contributed by atoms with Crippen LogP contribution in [0.25, 0.3) is 22.9 Å². The van der Waals surface area contributed by atoms with Gasteiger partial charge in [-0.05, 0) is 44.4 Å². The van der Waals surface area contributed by atoms with Gasteiger partial charge in [0.15, 0.2) is 0 Å². The summed E-state index contributed by atoms with van der Waals surface area (Å²) in [6.07, 6.45) is 7.76. The average Bonchev–Trinajstić information content (AvgIpc) is 3.11. The Bertz CT molecular complexity index is 992. The summed E-state index contributed by atoms with van der Waals surface area (Å²) in [5.74, 6) is -0.0557. The maximum Gasteiger partial charge on any atom is 0.246 e. The van der Waals surface area contributed by atoms with Gasteiger partial charge in [-0.15, -0.1) is 0 Å². The number of aliphatic hydroxyl groups is 1. The van der Waals surface area contributed by atoms with Gasteiger partial charge in [0.1, 0.15) is 5.69 Å². The number of rotatable bonds is 4. The Hall–Kier alpha value is -2.92. The quantitative estimate of drug-likeness (QED) is 0.706. The third-order valence-electron chi connectivity index (χ3n) is 5.41. The van der Waals surface area contributed by atoms with E-state index in [2.05, 4.69) is 0 Å². The number of carbonyl (C=O) groups is 1. The van der Waals surface area contributed by atoms with Crippen LogP contribution in [0.15, 0.2) is 60.8 Å². The largest absolute Gasteiger partial charge is 0.391 e. The highest BCUT2D eigenvalue weighted by atomic mass is 16.3. The third-order valence-corrected chi connectivity index (χ3v) is 5.41. The predicted molar refractivity (Wildman–Crippen MR) is 111 cm³/mol. The van der Waals surface area contributed by atoms with Crippen molar-refractivity contribution in [2.75, 3.05) is 6.54 Å². The van der Waals surface area contributed by atoms with Gasteiger partial charge in [0.2, 0.25) is 5.91 Å². The van der Waals surface area contributed by atoms with E-state index in [0.717, 1.165) is 41.6 Å². The monoisotopic (exact) mass is 375 g/mol. The fraction of sp³-hybridized carbons (Fsp3) is 0.304. The number of aliphatic hydroxyl groups excluding tert-OH is 1. The molecule has 0 aliphatic carbocycles. The summed E-state index contributed by atoms with van der Waals surface area (Å²) in [4.78, 5) is 14.7. The predicted octanol–water partition coefficient (Wildman–Crippen LogP) is 3.78. The van der Waals surface area contributed by atoms with Crippen molar-refractivity contribution < 1.29 is 9.90 Å². The molecule has 0 bridgehead atoms. The van der Waals surface area contributed by atoms with Gasteiger partial charge < -0.3 is 10.0 Å². The molecule has 5 heteroatoms. The zero-order chi connectivity index (χ0) is 19.5. The molecule has 1 aliphatic heterocycles. The highest BCUT2D eigenvalue weighted by molar-refractivity contribution is 5.95. The number of hydrogen-bond acceptors (Lipinski definition) is 3. The van der Waals surface area contributed by atoms with Crippen LogP contribution in [0.4, 0.5) is 0 Å². The number of nitrogens with zero attached hydrogens (tertiary/aromatic N) is 3. The molecular formula is C23H25N3O2. The molecular weight excluding hydrogens is 350 g/mol. The number of fused-ring (bicyclic) bond motifs is 1. The van der Waals surface area contributed by atoms with E-state index in [1.54, 1.807) is 17.9 Å². The van der Waals surface area contributed by atoms with E-state index >= 15 is 0 Å². The molecule has 0 radical (unpaired) electrons. The molecule has 0 saturated carbocycles. The standard InChI is InChI=1S/C23H25N3O2/c1-17(27)20-11-5-7-15-25(20)22(28)14-13-19-21-12-6-8-16-26(21)24-23(19)18-9-3-2-4-10-18/h2-4,6,8-10,12-14,16-17,20,27H,5,7,11,15H2,1H3/b14-13+/t17-,20?/m1/s1. The van der Waals surface area contributed by atoms with E-state index in [-0.39, 0.29) is 11.9 Å². The van der Waals surface area contributed by atoms with Gasteiger partial charge in [-0.25, -0.2) is 4.52 Å². The number of amides is 1. The van der Waals surface area contributed by atoms with Gasteiger partial charge in [0, 0.05) is 29.9 Å². The van der Waals surface area contributed by atoms with Gasteiger partial charge >= 0.3 is 0 Å². The maximum atomic E-state index is 12.9. The third kappa shape index (κ3) is 3.58. The van der Waals surface area contributed by atoms with E-state index in [9.17, 15) is 9.90 Å². The van der Waals surface area contributed by atoms with Gasteiger partial charge in [0.05, 0.1) is 17.7 Å². The van der Waals surface area contributed by atoms with Crippen molar-refractivity contribution in [3.8, 4) is 11.3 Å². The summed E-state index contributed by atoms with van der Waals surface area (Å²) in [7, 11) is 0. The molecule has 1 unspecified atom stereocenters. The van der Waals surface area contributed by atoms with Crippen molar-refractivity contribution in [3.05, 3.63) is 66.4 Å². The number of piperidine rings is 1. The van der Waals surface area contributed by atoms with E-state index in [1.165, 1.54) is 0 Å². The first-order chi connectivity index (χ1) is 13.6. The molecule has 5 nitrogen and oxygen atoms in total. The maximum absolute atomic E-state index is 12.9. The molecule has 4 rings (SSSR count). The van der Waals surface area contributed by atoms with Crippen molar-refractivity contribution in [1.82, 2.24) is 14.5 Å². The van der Waals surface area contributed by atoms with Crippen LogP contribution >= 0.6 is 0 Å². The second kappa shape index (κ2) is 7.98. The fourth-order valence-electron chi connectivity index (χ4n) is 3.97. The Morgan fingerprint density at radius 2 is 1.96 bits per heavy atom. The highest BCUT2D eigenvalue weighted by Gasteiger charge is 2.28. The summed E-state index contributed by atoms with van der Waals surface area (Å²) in [6.45, 7) is 2.46. The minimum atomic E-state index is -0.519. The summed E-state index contributed by atoms with van der Waals surface area (Å²) in [5, 5.41) is 14.8. The molecule has 28 heavy (non-hydrogen) atoms. The van der Waals surface area contributed by atoms with E-state index in [0.29, 0.717) is 6.54 Å². The molecule has 3 aromatic rings. The van der Waals surface area contributed by atoms with Crippen LogP contribution in [0.5, 0.6) is 0 Å². The van der Waals surface area contributed by atoms with E-state index < -0.39 is 6.10 Å². The Kier molecular flexibility index (Phi) is 5.26. The Morgan fingerprint density at radius 1 is 1.18 bits per heavy atom. The Morgan fingerprint density at radius 3 is 2.75 bits per heavy atom. The Balaban J connectivity index is 1.70. The number of benzene rings is 1. The van der Waals surface area contributed by atoms with Crippen LogP contribution in [0, 0.1) is 0 Å². The SMILES string of the molecule is C[C@@H](O)C1CCCCN1C(=O)/C=C/c1c(-c2ccccc2)nn2ccccc12. The molecule has 1 saturated heterocycles. The van der Waals surface area contributed by atoms with Crippen molar-refractivity contribution >= 4 is 17.5 Å². The molecule has 1 aliphatic rings. The summed E-state index contributed by atoms with van der Waals surface area (Å²) in [5.41, 5.74) is 3.74. The summed E-state index contributed by atoms with van der Waals surface area (Å²) in [6, 6.07) is 15.8. The number of aromatic nitrogens is 2. The van der Waals surface area contributed by atoms with Crippen molar-refractivity contribution in [2.24, 2.45) is 0 Å². The smallest absolute Gasteiger partial charge is 0.246 e. The van der Waals surface area contributed by atoms with Crippen LogP contribution in [0.1, 0.15) is 31.7 Å². The van der Waals surface area contributed by atoms with Crippen molar-refractivity contribution in [2.45, 2.75) is 38.3 Å². The normalized spacial score (nSPS) is 18.6. The van der Waals surface area contributed by atoms with Crippen LogP contribution in [0.3, 0.4) is 0 Å². The first kappa shape index (κ1) is 18.4.